The number of halogens is 3. The number of nitrogens with zero attached hydrogens (tertiary/aromatic N) is 1. The second kappa shape index (κ2) is 7.54. The number of hydrogen-bond donors (Lipinski definition) is 1. The first kappa shape index (κ1) is 16.7. The second-order valence-electron chi connectivity index (χ2n) is 4.04. The van der Waals surface area contributed by atoms with Gasteiger partial charge in [0.15, 0.2) is 0 Å². The highest BCUT2D eigenvalue weighted by atomic mass is 35.5. The Kier molecular flexibility index (Phi) is 5.71. The predicted octanol–water partition coefficient (Wildman–Crippen LogP) is 4.99. The lowest BCUT2D eigenvalue weighted by Gasteiger charge is -2.03. The molecule has 0 aliphatic heterocycles. The maximum atomic E-state index is 11.1. The van der Waals surface area contributed by atoms with Crippen LogP contribution >= 0.6 is 34.8 Å². The number of hydrazone groups is 1. The molecule has 0 spiro atoms. The van der Waals surface area contributed by atoms with Crippen LogP contribution in [0.5, 0.6) is 0 Å². The normalized spacial score (nSPS) is 10.9. The Morgan fingerprint density at radius 1 is 1.27 bits per heavy atom. The maximum absolute atomic E-state index is 11.1. The van der Waals surface area contributed by atoms with Gasteiger partial charge in [-0.3, -0.25) is 0 Å². The summed E-state index contributed by atoms with van der Waals surface area (Å²) in [4.78, 5) is 11.1. The minimum atomic E-state index is -0.641. The number of carbonyl (C=O) groups excluding carboxylic acids is 1. The van der Waals surface area contributed by atoms with Crippen molar-refractivity contribution in [2.24, 2.45) is 5.10 Å². The number of ether oxygens (including phenoxy) is 1. The summed E-state index contributed by atoms with van der Waals surface area (Å²) < 4.78 is 10.2. The van der Waals surface area contributed by atoms with E-state index in [1.807, 2.05) is 0 Å². The van der Waals surface area contributed by atoms with Gasteiger partial charge in [0.05, 0.1) is 27.9 Å². The van der Waals surface area contributed by atoms with Crippen molar-refractivity contribution in [2.75, 3.05) is 6.61 Å². The molecule has 2 rings (SSSR count). The van der Waals surface area contributed by atoms with Gasteiger partial charge in [0.1, 0.15) is 11.5 Å². The summed E-state index contributed by atoms with van der Waals surface area (Å²) in [5.41, 5.74) is 2.80. The van der Waals surface area contributed by atoms with Gasteiger partial charge in [-0.05, 0) is 31.2 Å². The first-order valence-corrected chi connectivity index (χ1v) is 7.35. The van der Waals surface area contributed by atoms with Crippen LogP contribution in [-0.4, -0.2) is 18.9 Å². The molecular formula is C14H11Cl3N2O3. The fourth-order valence-corrected chi connectivity index (χ4v) is 2.23. The molecule has 0 aliphatic carbocycles. The summed E-state index contributed by atoms with van der Waals surface area (Å²) in [6.07, 6.45) is 0.698. The van der Waals surface area contributed by atoms with E-state index >= 15 is 0 Å². The highest BCUT2D eigenvalue weighted by Gasteiger charge is 2.11. The van der Waals surface area contributed by atoms with Crippen LogP contribution in [-0.2, 0) is 4.74 Å². The standard InChI is InChI=1S/C14H11Cl3N2O3/c1-2-21-14(20)19-18-7-8-3-4-13(22-8)9-5-11(16)12(17)6-10(9)15/h3-7H,2H2,1H3,(H,19,20)/b18-7-. The molecule has 0 bridgehead atoms. The highest BCUT2D eigenvalue weighted by molar-refractivity contribution is 6.44. The molecule has 0 unspecified atom stereocenters. The van der Waals surface area contributed by atoms with Crippen LogP contribution in [0.2, 0.25) is 15.1 Å². The second-order valence-corrected chi connectivity index (χ2v) is 5.26. The van der Waals surface area contributed by atoms with Crippen LogP contribution < -0.4 is 5.43 Å². The number of benzene rings is 1. The third kappa shape index (κ3) is 4.16. The number of furan rings is 1. The smallest absolute Gasteiger partial charge is 0.427 e. The number of hydrogen-bond acceptors (Lipinski definition) is 4. The van der Waals surface area contributed by atoms with E-state index in [1.54, 1.807) is 31.2 Å². The molecule has 1 aromatic carbocycles. The summed E-state index contributed by atoms with van der Waals surface area (Å²) in [6, 6.07) is 6.53. The van der Waals surface area contributed by atoms with E-state index in [1.165, 1.54) is 6.21 Å². The van der Waals surface area contributed by atoms with E-state index in [0.717, 1.165) is 0 Å². The first-order valence-electron chi connectivity index (χ1n) is 6.22. The Labute approximate surface area is 141 Å². The molecule has 1 aromatic heterocycles. The van der Waals surface area contributed by atoms with Gasteiger partial charge < -0.3 is 9.15 Å². The Balaban J connectivity index is 2.13. The fourth-order valence-electron chi connectivity index (χ4n) is 1.59. The van der Waals surface area contributed by atoms with Crippen molar-refractivity contribution >= 4 is 47.1 Å². The minimum absolute atomic E-state index is 0.266. The van der Waals surface area contributed by atoms with Gasteiger partial charge in [0.2, 0.25) is 0 Å². The van der Waals surface area contributed by atoms with Crippen molar-refractivity contribution in [3.8, 4) is 11.3 Å². The third-order valence-corrected chi connectivity index (χ3v) is 3.56. The van der Waals surface area contributed by atoms with E-state index < -0.39 is 6.09 Å². The molecule has 0 fully saturated rings. The van der Waals surface area contributed by atoms with Crippen molar-refractivity contribution in [3.05, 3.63) is 45.1 Å². The van der Waals surface area contributed by atoms with Crippen LogP contribution in [0.1, 0.15) is 12.7 Å². The number of rotatable bonds is 4. The first-order chi connectivity index (χ1) is 10.5. The Morgan fingerprint density at radius 2 is 2.00 bits per heavy atom. The van der Waals surface area contributed by atoms with Crippen LogP contribution in [0, 0.1) is 0 Å². The zero-order valence-electron chi connectivity index (χ0n) is 11.4. The van der Waals surface area contributed by atoms with Gasteiger partial charge in [-0.2, -0.15) is 5.10 Å². The van der Waals surface area contributed by atoms with Gasteiger partial charge in [-0.15, -0.1) is 0 Å². The summed E-state index contributed by atoms with van der Waals surface area (Å²) in [5, 5.41) is 4.85. The molecule has 0 saturated heterocycles. The molecule has 5 nitrogen and oxygen atoms in total. The molecule has 22 heavy (non-hydrogen) atoms. The monoisotopic (exact) mass is 360 g/mol. The van der Waals surface area contributed by atoms with Gasteiger partial charge in [-0.25, -0.2) is 10.2 Å². The number of nitrogens with one attached hydrogen (secondary N) is 1. The molecule has 0 aliphatic rings. The fraction of sp³-hybridized carbons (Fsp3) is 0.143. The lowest BCUT2D eigenvalue weighted by Crippen LogP contribution is -2.18. The molecule has 1 amide bonds. The van der Waals surface area contributed by atoms with Crippen LogP contribution in [0.4, 0.5) is 4.79 Å². The van der Waals surface area contributed by atoms with Crippen LogP contribution in [0.15, 0.2) is 33.8 Å². The van der Waals surface area contributed by atoms with Crippen molar-refractivity contribution < 1.29 is 13.9 Å². The Bertz CT molecular complexity index is 713. The molecule has 2 aromatic rings. The minimum Gasteiger partial charge on any atom is -0.455 e. The van der Waals surface area contributed by atoms with Gasteiger partial charge in [0, 0.05) is 5.56 Å². The van der Waals surface area contributed by atoms with E-state index in [2.05, 4.69) is 15.3 Å². The lowest BCUT2D eigenvalue weighted by molar-refractivity contribution is 0.152. The maximum Gasteiger partial charge on any atom is 0.427 e. The Hall–Kier alpha value is -1.69. The molecular weight excluding hydrogens is 351 g/mol. The quantitative estimate of drug-likeness (QED) is 0.474. The largest absolute Gasteiger partial charge is 0.455 e. The van der Waals surface area contributed by atoms with Crippen molar-refractivity contribution in [2.45, 2.75) is 6.92 Å². The van der Waals surface area contributed by atoms with Gasteiger partial charge in [0.25, 0.3) is 0 Å². The molecule has 1 heterocycles. The number of carbonyl (C=O) groups is 1. The Morgan fingerprint density at radius 3 is 2.73 bits per heavy atom. The third-order valence-electron chi connectivity index (χ3n) is 2.53. The summed E-state index contributed by atoms with van der Waals surface area (Å²) in [6.45, 7) is 1.96. The van der Waals surface area contributed by atoms with Gasteiger partial charge in [-0.1, -0.05) is 34.8 Å². The average Bonchev–Trinajstić information content (AvgIpc) is 2.92. The topological polar surface area (TPSA) is 63.8 Å². The predicted molar refractivity (Wildman–Crippen MR) is 86.9 cm³/mol. The van der Waals surface area contributed by atoms with E-state index in [4.69, 9.17) is 39.2 Å². The van der Waals surface area contributed by atoms with Crippen LogP contribution in [0.3, 0.4) is 0 Å². The molecule has 0 radical (unpaired) electrons. The van der Waals surface area contributed by atoms with E-state index in [-0.39, 0.29) is 6.61 Å². The molecule has 0 atom stereocenters. The average molecular weight is 362 g/mol. The zero-order valence-corrected chi connectivity index (χ0v) is 13.7. The zero-order chi connectivity index (χ0) is 16.1. The van der Waals surface area contributed by atoms with Crippen molar-refractivity contribution in [1.29, 1.82) is 0 Å². The molecule has 8 heteroatoms. The summed E-state index contributed by atoms with van der Waals surface area (Å²) >= 11 is 18.0. The van der Waals surface area contributed by atoms with Gasteiger partial charge >= 0.3 is 6.09 Å². The molecule has 116 valence electrons. The SMILES string of the molecule is CCOC(=O)N/N=C\c1ccc(-c2cc(Cl)c(Cl)cc2Cl)o1. The van der Waals surface area contributed by atoms with Crippen LogP contribution in [0.25, 0.3) is 11.3 Å². The van der Waals surface area contributed by atoms with Crippen molar-refractivity contribution in [1.82, 2.24) is 5.43 Å². The summed E-state index contributed by atoms with van der Waals surface area (Å²) in [7, 11) is 0. The number of amides is 1. The highest BCUT2D eigenvalue weighted by Crippen LogP contribution is 2.35. The molecule has 1 N–H and O–H groups in total. The van der Waals surface area contributed by atoms with Crippen molar-refractivity contribution in [3.63, 3.8) is 0 Å². The molecule has 0 saturated carbocycles. The summed E-state index contributed by atoms with van der Waals surface area (Å²) in [5.74, 6) is 0.926. The van der Waals surface area contributed by atoms with E-state index in [0.29, 0.717) is 32.2 Å². The van der Waals surface area contributed by atoms with E-state index in [9.17, 15) is 4.79 Å². The lowest BCUT2D eigenvalue weighted by atomic mass is 10.2.